The molecule has 31 heavy (non-hydrogen) atoms. The van der Waals surface area contributed by atoms with Crippen LogP contribution in [0.15, 0.2) is 29.1 Å². The summed E-state index contributed by atoms with van der Waals surface area (Å²) < 4.78 is 5.21. The summed E-state index contributed by atoms with van der Waals surface area (Å²) in [5.41, 5.74) is -0.517. The smallest absolute Gasteiger partial charge is 0.202 e. The van der Waals surface area contributed by atoms with Crippen LogP contribution in [0.3, 0.4) is 0 Å². The Labute approximate surface area is 180 Å². The summed E-state index contributed by atoms with van der Waals surface area (Å²) in [5, 5.41) is 45.5. The van der Waals surface area contributed by atoms with Crippen LogP contribution in [-0.4, -0.2) is 44.1 Å². The predicted octanol–water partition coefficient (Wildman–Crippen LogP) is 2.21. The zero-order valence-electron chi connectivity index (χ0n) is 16.2. The van der Waals surface area contributed by atoms with Crippen LogP contribution in [0.4, 0.5) is 0 Å². The van der Waals surface area contributed by atoms with Gasteiger partial charge in [-0.05, 0) is 6.07 Å². The maximum atomic E-state index is 13.3. The molecule has 2 aromatic carbocycles. The molecular weight excluding hydrogens is 422 g/mol. The Morgan fingerprint density at radius 3 is 2.55 bits per heavy atom. The van der Waals surface area contributed by atoms with Gasteiger partial charge in [-0.2, -0.15) is 0 Å². The molecule has 2 atom stereocenters. The van der Waals surface area contributed by atoms with E-state index in [1.165, 1.54) is 36.1 Å². The van der Waals surface area contributed by atoms with Gasteiger partial charge in [-0.3, -0.25) is 9.59 Å². The van der Waals surface area contributed by atoms with Crippen molar-refractivity contribution in [2.24, 2.45) is 0 Å². The molecule has 0 saturated heterocycles. The zero-order valence-corrected chi connectivity index (χ0v) is 17.1. The van der Waals surface area contributed by atoms with Crippen molar-refractivity contribution in [3.63, 3.8) is 0 Å². The summed E-state index contributed by atoms with van der Waals surface area (Å²) in [5.74, 6) is -2.30. The first kappa shape index (κ1) is 19.7. The highest BCUT2D eigenvalue weighted by molar-refractivity contribution is 7.07. The van der Waals surface area contributed by atoms with Crippen molar-refractivity contribution >= 4 is 22.9 Å². The largest absolute Gasteiger partial charge is 0.507 e. The van der Waals surface area contributed by atoms with Gasteiger partial charge < -0.3 is 25.2 Å². The number of ketones is 2. The van der Waals surface area contributed by atoms with Crippen LogP contribution < -0.4 is 4.74 Å². The lowest BCUT2D eigenvalue weighted by atomic mass is 9.72. The van der Waals surface area contributed by atoms with Crippen molar-refractivity contribution in [3.05, 3.63) is 68.2 Å². The fraction of sp³-hybridized carbons (Fsp3) is 0.227. The number of methoxy groups -OCH3 is 1. The number of hydrogen-bond donors (Lipinski definition) is 4. The summed E-state index contributed by atoms with van der Waals surface area (Å²) >= 11 is 1.27. The van der Waals surface area contributed by atoms with E-state index < -0.39 is 34.8 Å². The maximum Gasteiger partial charge on any atom is 0.202 e. The number of phenols is 2. The first-order valence-corrected chi connectivity index (χ1v) is 10.4. The Bertz CT molecular complexity index is 1270. The number of benzene rings is 2. The highest BCUT2D eigenvalue weighted by Gasteiger charge is 2.46. The summed E-state index contributed by atoms with van der Waals surface area (Å²) in [6.45, 7) is 0. The SMILES string of the molecule is COc1cccc2c1C(=O)c1c(O)c3c(c(O)c1C2=O)CC(O)(c1cscn1)CC3O. The lowest BCUT2D eigenvalue weighted by molar-refractivity contribution is -0.0308. The van der Waals surface area contributed by atoms with Gasteiger partial charge in [0.05, 0.1) is 41.1 Å². The molecule has 2 aliphatic carbocycles. The fourth-order valence-electron chi connectivity index (χ4n) is 4.58. The molecule has 8 nitrogen and oxygen atoms in total. The molecule has 9 heteroatoms. The molecule has 0 spiro atoms. The molecule has 0 aliphatic heterocycles. The number of phenolic OH excluding ortho intramolecular Hbond substituents is 2. The van der Waals surface area contributed by atoms with E-state index in [0.29, 0.717) is 5.69 Å². The van der Waals surface area contributed by atoms with Crippen LogP contribution in [0.2, 0.25) is 0 Å². The van der Waals surface area contributed by atoms with E-state index in [-0.39, 0.29) is 52.0 Å². The number of carbonyl (C=O) groups is 2. The fourth-order valence-corrected chi connectivity index (χ4v) is 5.23. The number of nitrogens with zero attached hydrogens (tertiary/aromatic N) is 1. The van der Waals surface area contributed by atoms with Crippen LogP contribution in [0, 0.1) is 0 Å². The first-order valence-electron chi connectivity index (χ1n) is 9.44. The van der Waals surface area contributed by atoms with E-state index in [9.17, 15) is 30.0 Å². The van der Waals surface area contributed by atoms with Gasteiger partial charge >= 0.3 is 0 Å². The van der Waals surface area contributed by atoms with Gasteiger partial charge in [0, 0.05) is 34.9 Å². The molecule has 0 saturated carbocycles. The minimum atomic E-state index is -1.60. The lowest BCUT2D eigenvalue weighted by Crippen LogP contribution is -2.36. The number of ether oxygens (including phenoxy) is 1. The van der Waals surface area contributed by atoms with E-state index >= 15 is 0 Å². The monoisotopic (exact) mass is 439 g/mol. The highest BCUT2D eigenvalue weighted by Crippen LogP contribution is 2.52. The van der Waals surface area contributed by atoms with Gasteiger partial charge in [0.2, 0.25) is 5.78 Å². The molecule has 0 radical (unpaired) electrons. The van der Waals surface area contributed by atoms with E-state index in [2.05, 4.69) is 4.98 Å². The molecule has 3 aromatic rings. The molecule has 1 aromatic heterocycles. The Morgan fingerprint density at radius 1 is 1.13 bits per heavy atom. The van der Waals surface area contributed by atoms with Crippen LogP contribution in [0.1, 0.15) is 61.2 Å². The van der Waals surface area contributed by atoms with Crippen molar-refractivity contribution in [3.8, 4) is 17.2 Å². The molecule has 1 heterocycles. The van der Waals surface area contributed by atoms with Gasteiger partial charge in [0.25, 0.3) is 0 Å². The number of carbonyl (C=O) groups excluding carboxylic acids is 2. The van der Waals surface area contributed by atoms with Crippen LogP contribution in [0.25, 0.3) is 0 Å². The summed E-state index contributed by atoms with van der Waals surface area (Å²) in [7, 11) is 1.36. The second kappa shape index (κ2) is 6.61. The maximum absolute atomic E-state index is 13.3. The van der Waals surface area contributed by atoms with E-state index in [0.717, 1.165) is 0 Å². The van der Waals surface area contributed by atoms with Gasteiger partial charge in [0.1, 0.15) is 22.8 Å². The van der Waals surface area contributed by atoms with E-state index in [1.807, 2.05) is 0 Å². The van der Waals surface area contributed by atoms with Gasteiger partial charge in [-0.25, -0.2) is 4.98 Å². The summed E-state index contributed by atoms with van der Waals surface area (Å²) in [4.78, 5) is 30.6. The Kier molecular flexibility index (Phi) is 4.20. The van der Waals surface area contributed by atoms with E-state index in [1.54, 1.807) is 11.4 Å². The summed E-state index contributed by atoms with van der Waals surface area (Å²) in [6.07, 6.45) is -1.78. The Balaban J connectivity index is 1.77. The van der Waals surface area contributed by atoms with Crippen molar-refractivity contribution < 1.29 is 34.8 Å². The quantitative estimate of drug-likeness (QED) is 0.349. The average molecular weight is 439 g/mol. The van der Waals surface area contributed by atoms with Crippen molar-refractivity contribution in [1.29, 1.82) is 0 Å². The number of rotatable bonds is 2. The lowest BCUT2D eigenvalue weighted by Gasteiger charge is -2.37. The second-order valence-corrected chi connectivity index (χ2v) is 8.40. The molecule has 5 rings (SSSR count). The van der Waals surface area contributed by atoms with Gasteiger partial charge in [0.15, 0.2) is 5.78 Å². The number of aliphatic hydroxyl groups is 2. The molecule has 0 fully saturated rings. The van der Waals surface area contributed by atoms with Crippen molar-refractivity contribution in [2.75, 3.05) is 7.11 Å². The Morgan fingerprint density at radius 2 is 1.87 bits per heavy atom. The van der Waals surface area contributed by atoms with Crippen molar-refractivity contribution in [2.45, 2.75) is 24.5 Å². The summed E-state index contributed by atoms with van der Waals surface area (Å²) in [6, 6.07) is 4.51. The van der Waals surface area contributed by atoms with Gasteiger partial charge in [-0.15, -0.1) is 11.3 Å². The molecule has 0 bridgehead atoms. The third-order valence-electron chi connectivity index (χ3n) is 6.00. The third kappa shape index (κ3) is 2.57. The van der Waals surface area contributed by atoms with E-state index in [4.69, 9.17) is 4.74 Å². The normalized spacial score (nSPS) is 22.0. The molecule has 0 amide bonds. The molecule has 2 aliphatic rings. The highest BCUT2D eigenvalue weighted by atomic mass is 32.1. The molecule has 2 unspecified atom stereocenters. The zero-order chi connectivity index (χ0) is 22.1. The van der Waals surface area contributed by atoms with Crippen LogP contribution in [0.5, 0.6) is 17.2 Å². The number of aromatic nitrogens is 1. The average Bonchev–Trinajstić information content (AvgIpc) is 3.29. The number of aliphatic hydroxyl groups excluding tert-OH is 1. The minimum absolute atomic E-state index is 0.0120. The first-order chi connectivity index (χ1) is 14.8. The second-order valence-electron chi connectivity index (χ2n) is 7.68. The molecular formula is C22H17NO7S. The Hall–Kier alpha value is -3.27. The van der Waals surface area contributed by atoms with Crippen LogP contribution >= 0.6 is 11.3 Å². The number of aromatic hydroxyl groups is 2. The predicted molar refractivity (Wildman–Crippen MR) is 109 cm³/mol. The number of thiazole rings is 1. The molecule has 158 valence electrons. The number of hydrogen-bond acceptors (Lipinski definition) is 9. The molecule has 4 N–H and O–H groups in total. The topological polar surface area (TPSA) is 137 Å². The number of fused-ring (bicyclic) bond motifs is 3. The minimum Gasteiger partial charge on any atom is -0.507 e. The third-order valence-corrected chi connectivity index (χ3v) is 6.59. The van der Waals surface area contributed by atoms with Gasteiger partial charge in [-0.1, -0.05) is 12.1 Å². The van der Waals surface area contributed by atoms with Crippen LogP contribution in [-0.2, 0) is 12.0 Å². The standard InChI is InChI=1S/C22H17NO7S/c1-30-12-4-2-3-9-15(12)21(28)17-16(18(9)25)19(26)10-5-22(29,13-7-31-8-23-13)6-11(24)14(10)20(17)27/h2-4,7-8,11,24,26-27,29H,5-6H2,1H3. The van der Waals surface area contributed by atoms with Crippen molar-refractivity contribution in [1.82, 2.24) is 4.98 Å².